The lowest BCUT2D eigenvalue weighted by Gasteiger charge is -2.10. The molecule has 3 aromatic rings. The summed E-state index contributed by atoms with van der Waals surface area (Å²) in [5.41, 5.74) is 0.789. The zero-order chi connectivity index (χ0) is 17.3. The van der Waals surface area contributed by atoms with Crippen LogP contribution in [0.5, 0.6) is 0 Å². The van der Waals surface area contributed by atoms with Gasteiger partial charge in [0.2, 0.25) is 0 Å². The van der Waals surface area contributed by atoms with E-state index < -0.39 is 21.7 Å². The molecule has 7 heteroatoms. The molecular formula is C17H11F2NO3S. The Labute approximate surface area is 137 Å². The van der Waals surface area contributed by atoms with Gasteiger partial charge >= 0.3 is 0 Å². The van der Waals surface area contributed by atoms with E-state index in [9.17, 15) is 22.0 Å². The lowest BCUT2D eigenvalue weighted by atomic mass is 10.1. The van der Waals surface area contributed by atoms with Crippen molar-refractivity contribution in [2.24, 2.45) is 0 Å². The van der Waals surface area contributed by atoms with Crippen molar-refractivity contribution in [3.63, 3.8) is 0 Å². The van der Waals surface area contributed by atoms with E-state index in [0.717, 1.165) is 28.2 Å². The molecule has 3 rings (SSSR count). The number of carbonyl (C=O) groups excluding carboxylic acids is 1. The number of aldehydes is 1. The topological polar surface area (TPSA) is 56.1 Å². The molecule has 1 aromatic heterocycles. The van der Waals surface area contributed by atoms with Crippen LogP contribution >= 0.6 is 0 Å². The van der Waals surface area contributed by atoms with Gasteiger partial charge in [0.1, 0.15) is 11.6 Å². The summed E-state index contributed by atoms with van der Waals surface area (Å²) < 4.78 is 52.6. The molecule has 0 saturated heterocycles. The molecule has 0 unspecified atom stereocenters. The standard InChI is InChI=1S/C17H11F2NO3S/c18-14-3-1-13(2-4-14)17-9-12(11-21)10-20(17)24(22,23)16-7-5-15(19)6-8-16/h1-11H. The normalized spacial score (nSPS) is 11.4. The molecule has 0 atom stereocenters. The number of hydrogen-bond acceptors (Lipinski definition) is 3. The molecule has 0 radical (unpaired) electrons. The highest BCUT2D eigenvalue weighted by Crippen LogP contribution is 2.27. The molecule has 0 saturated carbocycles. The zero-order valence-corrected chi connectivity index (χ0v) is 13.0. The highest BCUT2D eigenvalue weighted by molar-refractivity contribution is 7.90. The number of rotatable bonds is 4. The highest BCUT2D eigenvalue weighted by Gasteiger charge is 2.22. The minimum absolute atomic E-state index is 0.125. The molecule has 122 valence electrons. The maximum Gasteiger partial charge on any atom is 0.268 e. The molecule has 0 fully saturated rings. The van der Waals surface area contributed by atoms with Crippen LogP contribution in [0.15, 0.2) is 65.7 Å². The average molecular weight is 347 g/mol. The molecule has 0 aliphatic carbocycles. The lowest BCUT2D eigenvalue weighted by Crippen LogP contribution is -2.13. The fraction of sp³-hybridized carbons (Fsp3) is 0. The molecule has 0 bridgehead atoms. The number of halogens is 2. The summed E-state index contributed by atoms with van der Waals surface area (Å²) in [5, 5.41) is 0. The van der Waals surface area contributed by atoms with Crippen molar-refractivity contribution in [3.05, 3.63) is 78.0 Å². The minimum atomic E-state index is -4.04. The van der Waals surface area contributed by atoms with Gasteiger partial charge in [0.05, 0.1) is 10.6 Å². The third-order valence-corrected chi connectivity index (χ3v) is 5.14. The average Bonchev–Trinajstić information content (AvgIpc) is 3.01. The van der Waals surface area contributed by atoms with E-state index in [2.05, 4.69) is 0 Å². The molecule has 0 aliphatic rings. The number of benzene rings is 2. The van der Waals surface area contributed by atoms with Gasteiger partial charge in [-0.05, 0) is 60.2 Å². The van der Waals surface area contributed by atoms with Crippen LogP contribution in [-0.4, -0.2) is 18.7 Å². The van der Waals surface area contributed by atoms with Crippen molar-refractivity contribution in [2.75, 3.05) is 0 Å². The Bertz CT molecular complexity index is 991. The van der Waals surface area contributed by atoms with Crippen LogP contribution in [0.25, 0.3) is 11.3 Å². The Morgan fingerprint density at radius 2 is 1.42 bits per heavy atom. The molecular weight excluding hydrogens is 336 g/mol. The Hall–Kier alpha value is -2.80. The highest BCUT2D eigenvalue weighted by atomic mass is 32.2. The summed E-state index contributed by atoms with van der Waals surface area (Å²) in [5.74, 6) is -1.03. The molecule has 2 aromatic carbocycles. The molecule has 0 aliphatic heterocycles. The van der Waals surface area contributed by atoms with Crippen molar-refractivity contribution in [2.45, 2.75) is 4.90 Å². The van der Waals surface area contributed by atoms with Gasteiger partial charge in [0.25, 0.3) is 10.0 Å². The second-order valence-electron chi connectivity index (χ2n) is 5.04. The van der Waals surface area contributed by atoms with E-state index in [-0.39, 0.29) is 16.2 Å². The first-order valence-electron chi connectivity index (χ1n) is 6.86. The van der Waals surface area contributed by atoms with Crippen molar-refractivity contribution in [1.29, 1.82) is 0 Å². The Morgan fingerprint density at radius 3 is 1.96 bits per heavy atom. The van der Waals surface area contributed by atoms with Crippen molar-refractivity contribution < 1.29 is 22.0 Å². The summed E-state index contributed by atoms with van der Waals surface area (Å²) in [6.07, 6.45) is 1.69. The molecule has 0 amide bonds. The minimum Gasteiger partial charge on any atom is -0.298 e. The van der Waals surface area contributed by atoms with Gasteiger partial charge in [-0.3, -0.25) is 4.79 Å². The van der Waals surface area contributed by atoms with E-state index in [1.165, 1.54) is 36.5 Å². The summed E-state index contributed by atoms with van der Waals surface area (Å²) in [6, 6.07) is 10.9. The Balaban J connectivity index is 2.20. The smallest absolute Gasteiger partial charge is 0.268 e. The number of hydrogen-bond donors (Lipinski definition) is 0. The molecule has 0 spiro atoms. The summed E-state index contributed by atoms with van der Waals surface area (Å²) in [4.78, 5) is 10.9. The number of carbonyl (C=O) groups is 1. The van der Waals surface area contributed by atoms with Gasteiger partial charge in [0.15, 0.2) is 6.29 Å². The van der Waals surface area contributed by atoms with Gasteiger partial charge in [-0.1, -0.05) is 0 Å². The molecule has 4 nitrogen and oxygen atoms in total. The second-order valence-corrected chi connectivity index (χ2v) is 6.85. The summed E-state index contributed by atoms with van der Waals surface area (Å²) in [7, 11) is -4.04. The first-order valence-corrected chi connectivity index (χ1v) is 8.30. The fourth-order valence-corrected chi connectivity index (χ4v) is 3.66. The predicted molar refractivity (Wildman–Crippen MR) is 84.2 cm³/mol. The Morgan fingerprint density at radius 1 is 0.875 bits per heavy atom. The SMILES string of the molecule is O=Cc1cc(-c2ccc(F)cc2)n(S(=O)(=O)c2ccc(F)cc2)c1. The first kappa shape index (κ1) is 16.1. The van der Waals surface area contributed by atoms with Crippen LogP contribution in [0.4, 0.5) is 8.78 Å². The van der Waals surface area contributed by atoms with Gasteiger partial charge in [-0.2, -0.15) is 0 Å². The van der Waals surface area contributed by atoms with Crippen molar-refractivity contribution >= 4 is 16.3 Å². The predicted octanol–water partition coefficient (Wildman–Crippen LogP) is 3.48. The third kappa shape index (κ3) is 2.85. The molecule has 24 heavy (non-hydrogen) atoms. The van der Waals surface area contributed by atoms with Gasteiger partial charge in [0, 0.05) is 11.8 Å². The lowest BCUT2D eigenvalue weighted by molar-refractivity contribution is 0.112. The fourth-order valence-electron chi connectivity index (χ4n) is 2.28. The largest absolute Gasteiger partial charge is 0.298 e. The maximum atomic E-state index is 13.1. The van der Waals surface area contributed by atoms with E-state index >= 15 is 0 Å². The van der Waals surface area contributed by atoms with Crippen LogP contribution < -0.4 is 0 Å². The van der Waals surface area contributed by atoms with Crippen LogP contribution in [0, 0.1) is 11.6 Å². The van der Waals surface area contributed by atoms with Crippen LogP contribution in [-0.2, 0) is 10.0 Å². The van der Waals surface area contributed by atoms with Crippen LogP contribution in [0.1, 0.15) is 10.4 Å². The van der Waals surface area contributed by atoms with E-state index in [1.807, 2.05) is 0 Å². The van der Waals surface area contributed by atoms with Gasteiger partial charge in [-0.15, -0.1) is 0 Å². The van der Waals surface area contributed by atoms with E-state index in [1.54, 1.807) is 0 Å². The number of nitrogens with zero attached hydrogens (tertiary/aromatic N) is 1. The summed E-state index contributed by atoms with van der Waals surface area (Å²) in [6.45, 7) is 0. The number of aromatic nitrogens is 1. The van der Waals surface area contributed by atoms with Gasteiger partial charge < -0.3 is 0 Å². The van der Waals surface area contributed by atoms with Crippen LogP contribution in [0.3, 0.4) is 0 Å². The van der Waals surface area contributed by atoms with Crippen molar-refractivity contribution in [1.82, 2.24) is 3.97 Å². The first-order chi connectivity index (χ1) is 11.4. The Kier molecular flexibility index (Phi) is 4.02. The zero-order valence-electron chi connectivity index (χ0n) is 12.2. The molecule has 1 heterocycles. The van der Waals surface area contributed by atoms with Crippen molar-refractivity contribution in [3.8, 4) is 11.3 Å². The quantitative estimate of drug-likeness (QED) is 0.679. The maximum absolute atomic E-state index is 13.1. The summed E-state index contributed by atoms with van der Waals surface area (Å²) >= 11 is 0. The molecule has 0 N–H and O–H groups in total. The monoisotopic (exact) mass is 347 g/mol. The van der Waals surface area contributed by atoms with Gasteiger partial charge in [-0.25, -0.2) is 21.2 Å². The van der Waals surface area contributed by atoms with Crippen LogP contribution in [0.2, 0.25) is 0 Å². The second kappa shape index (κ2) is 6.01. The van der Waals surface area contributed by atoms with E-state index in [4.69, 9.17) is 0 Å². The third-order valence-electron chi connectivity index (χ3n) is 3.45. The van der Waals surface area contributed by atoms with E-state index in [0.29, 0.717) is 11.8 Å².